The van der Waals surface area contributed by atoms with Gasteiger partial charge in [0.15, 0.2) is 0 Å². The predicted molar refractivity (Wildman–Crippen MR) is 156 cm³/mol. The minimum Gasteiger partial charge on any atom is -0.873 e. The van der Waals surface area contributed by atoms with Crippen molar-refractivity contribution in [2.75, 3.05) is 31.5 Å². The summed E-state index contributed by atoms with van der Waals surface area (Å²) < 4.78 is 0. The Morgan fingerprint density at radius 3 is 1.57 bits per heavy atom. The highest BCUT2D eigenvalue weighted by atomic mass is 16.3. The lowest BCUT2D eigenvalue weighted by molar-refractivity contribution is -0.269. The van der Waals surface area contributed by atoms with Gasteiger partial charge >= 0.3 is 0 Å². The van der Waals surface area contributed by atoms with Crippen LogP contribution in [0.3, 0.4) is 0 Å². The number of hydrogen-bond donors (Lipinski definition) is 2. The molecule has 5 nitrogen and oxygen atoms in total. The lowest BCUT2D eigenvalue weighted by Gasteiger charge is -2.37. The van der Waals surface area contributed by atoms with E-state index in [4.69, 9.17) is 0 Å². The average molecular weight is 509 g/mol. The fraction of sp³-hybridized carbons (Fsp3) is 0.625. The van der Waals surface area contributed by atoms with Crippen LogP contribution in [0.25, 0.3) is 5.32 Å². The molecule has 0 spiro atoms. The molecule has 0 saturated heterocycles. The van der Waals surface area contributed by atoms with Gasteiger partial charge in [0.05, 0.1) is 0 Å². The van der Waals surface area contributed by atoms with Crippen LogP contribution in [0.4, 0.5) is 11.4 Å². The van der Waals surface area contributed by atoms with Crippen molar-refractivity contribution in [2.24, 2.45) is 0 Å². The van der Waals surface area contributed by atoms with E-state index in [1.807, 2.05) is 12.1 Å². The first-order valence-electron chi connectivity index (χ1n) is 13.6. The molecule has 2 aromatic rings. The van der Waals surface area contributed by atoms with E-state index in [1.165, 1.54) is 0 Å². The Balaban J connectivity index is 2.00. The zero-order valence-corrected chi connectivity index (χ0v) is 25.4. The molecule has 0 heterocycles. The van der Waals surface area contributed by atoms with Crippen molar-refractivity contribution in [3.8, 4) is 11.5 Å². The Hall–Kier alpha value is -2.40. The molecular weight excluding hydrogens is 458 g/mol. The molecule has 0 atom stereocenters. The summed E-state index contributed by atoms with van der Waals surface area (Å²) in [5.41, 5.74) is 4.61. The van der Waals surface area contributed by atoms with E-state index in [2.05, 4.69) is 111 Å². The summed E-state index contributed by atoms with van der Waals surface area (Å²) in [6.07, 6.45) is 0. The largest absolute Gasteiger partial charge is 0.873 e. The predicted octanol–water partition coefficient (Wildman–Crippen LogP) is 6.73. The Morgan fingerprint density at radius 2 is 1.08 bits per heavy atom. The van der Waals surface area contributed by atoms with Crippen LogP contribution in [-0.4, -0.2) is 26.2 Å². The zero-order chi connectivity index (χ0) is 28.4. The standard InChI is InChI=1S/C32H52N3O2/c1-29(2,3)21-17-23(31(7,8)9)27(36)25(19-21)34-15-13-33-14-16-35-26-20-22(30(4,5)6)18-24(28(26)37)32(10,11)12/h17-20,33-34,36-37H,13-16H2,1-12H3/q-1/p-2. The normalized spacial score (nSPS) is 13.1. The summed E-state index contributed by atoms with van der Waals surface area (Å²) >= 11 is 0. The van der Waals surface area contributed by atoms with Crippen LogP contribution in [0.1, 0.15) is 105 Å². The smallest absolute Gasteiger partial charge is 0.0272 e. The number of anilines is 1. The number of hydrogen-bond acceptors (Lipinski definition) is 4. The van der Waals surface area contributed by atoms with Crippen molar-refractivity contribution < 1.29 is 10.2 Å². The number of benzene rings is 2. The van der Waals surface area contributed by atoms with Gasteiger partial charge in [-0.15, -0.1) is 18.0 Å². The van der Waals surface area contributed by atoms with Crippen molar-refractivity contribution in [3.63, 3.8) is 0 Å². The first-order valence-corrected chi connectivity index (χ1v) is 13.6. The highest BCUT2D eigenvalue weighted by molar-refractivity contribution is 5.66. The quantitative estimate of drug-likeness (QED) is 0.387. The summed E-state index contributed by atoms with van der Waals surface area (Å²) in [4.78, 5) is 0. The Bertz CT molecular complexity index is 976. The second kappa shape index (κ2) is 11.1. The van der Waals surface area contributed by atoms with Crippen LogP contribution in [-0.2, 0) is 21.7 Å². The maximum Gasteiger partial charge on any atom is 0.0272 e. The van der Waals surface area contributed by atoms with Crippen molar-refractivity contribution in [3.05, 3.63) is 51.8 Å². The fourth-order valence-corrected chi connectivity index (χ4v) is 4.14. The monoisotopic (exact) mass is 508 g/mol. The lowest BCUT2D eigenvalue weighted by atomic mass is 9.79. The highest BCUT2D eigenvalue weighted by Gasteiger charge is 2.22. The Kier molecular flexibility index (Phi) is 9.29. The summed E-state index contributed by atoms with van der Waals surface area (Å²) in [5.74, 6) is 0.102. The van der Waals surface area contributed by atoms with E-state index in [0.717, 1.165) is 22.3 Å². The van der Waals surface area contributed by atoms with E-state index in [0.29, 0.717) is 37.6 Å². The number of nitrogens with zero attached hydrogens (tertiary/aromatic N) is 1. The van der Waals surface area contributed by atoms with Gasteiger partial charge in [-0.05, 0) is 51.0 Å². The molecule has 0 fully saturated rings. The number of rotatable bonds is 8. The van der Waals surface area contributed by atoms with Gasteiger partial charge < -0.3 is 26.2 Å². The Morgan fingerprint density at radius 1 is 0.595 bits per heavy atom. The summed E-state index contributed by atoms with van der Waals surface area (Å²) in [7, 11) is 0. The maximum atomic E-state index is 13.1. The first kappa shape index (κ1) is 30.8. The molecule has 2 aromatic carbocycles. The first-order chi connectivity index (χ1) is 16.7. The number of nitrogens with one attached hydrogen (secondary N) is 2. The van der Waals surface area contributed by atoms with Gasteiger partial charge in [-0.2, -0.15) is 0 Å². The van der Waals surface area contributed by atoms with E-state index < -0.39 is 0 Å². The van der Waals surface area contributed by atoms with Gasteiger partial charge in [0.2, 0.25) is 0 Å². The van der Waals surface area contributed by atoms with Gasteiger partial charge in [-0.25, -0.2) is 0 Å². The second-order valence-corrected chi connectivity index (χ2v) is 14.3. The molecule has 0 aliphatic heterocycles. The summed E-state index contributed by atoms with van der Waals surface area (Å²) in [6, 6.07) is 8.06. The van der Waals surface area contributed by atoms with Crippen molar-refractivity contribution in [1.82, 2.24) is 5.32 Å². The highest BCUT2D eigenvalue weighted by Crippen LogP contribution is 2.42. The maximum absolute atomic E-state index is 13.1. The average Bonchev–Trinajstić information content (AvgIpc) is 2.71. The van der Waals surface area contributed by atoms with Crippen LogP contribution in [0, 0.1) is 0 Å². The summed E-state index contributed by atoms with van der Waals surface area (Å²) in [6.45, 7) is 28.0. The van der Waals surface area contributed by atoms with Gasteiger partial charge in [0.25, 0.3) is 0 Å². The van der Waals surface area contributed by atoms with E-state index in [-0.39, 0.29) is 33.2 Å². The minimum atomic E-state index is -0.232. The van der Waals surface area contributed by atoms with Gasteiger partial charge in [0.1, 0.15) is 0 Å². The molecule has 5 heteroatoms. The van der Waals surface area contributed by atoms with Gasteiger partial charge in [0, 0.05) is 18.8 Å². The molecule has 0 aromatic heterocycles. The molecule has 0 bridgehead atoms. The van der Waals surface area contributed by atoms with Crippen LogP contribution < -0.4 is 20.8 Å². The fourth-order valence-electron chi connectivity index (χ4n) is 4.14. The third-order valence-electron chi connectivity index (χ3n) is 6.69. The van der Waals surface area contributed by atoms with Crippen LogP contribution in [0.2, 0.25) is 0 Å². The molecule has 2 rings (SSSR count). The van der Waals surface area contributed by atoms with E-state index >= 15 is 0 Å². The Labute approximate surface area is 226 Å². The molecule has 0 unspecified atom stereocenters. The zero-order valence-electron chi connectivity index (χ0n) is 25.4. The van der Waals surface area contributed by atoms with Crippen molar-refractivity contribution in [2.45, 2.75) is 105 Å². The van der Waals surface area contributed by atoms with Crippen molar-refractivity contribution in [1.29, 1.82) is 0 Å². The van der Waals surface area contributed by atoms with Gasteiger partial charge in [-0.1, -0.05) is 113 Å². The lowest BCUT2D eigenvalue weighted by Crippen LogP contribution is -2.26. The van der Waals surface area contributed by atoms with Crippen LogP contribution in [0.5, 0.6) is 11.5 Å². The third kappa shape index (κ3) is 8.29. The molecule has 0 amide bonds. The minimum absolute atomic E-state index is 0.0264. The molecule has 0 radical (unpaired) electrons. The molecular formula is C32H50N3O2-3. The topological polar surface area (TPSA) is 84.3 Å². The third-order valence-corrected chi connectivity index (χ3v) is 6.69. The molecule has 37 heavy (non-hydrogen) atoms. The van der Waals surface area contributed by atoms with Crippen molar-refractivity contribution >= 4 is 11.4 Å². The van der Waals surface area contributed by atoms with Crippen LogP contribution >= 0.6 is 0 Å². The molecule has 2 N–H and O–H groups in total. The molecule has 0 aliphatic carbocycles. The SMILES string of the molecule is CC(C)(C)c1cc([N-]CCNCCNc2cc(C(C)(C)C)cc(C(C)(C)C)c2[O-])c([O-])c(C(C)(C)C)c1. The molecule has 0 aliphatic rings. The second-order valence-electron chi connectivity index (χ2n) is 14.3. The van der Waals surface area contributed by atoms with E-state index in [9.17, 15) is 10.2 Å². The van der Waals surface area contributed by atoms with Crippen LogP contribution in [0.15, 0.2) is 24.3 Å². The van der Waals surface area contributed by atoms with E-state index in [1.54, 1.807) is 0 Å². The molecule has 208 valence electrons. The summed E-state index contributed by atoms with van der Waals surface area (Å²) in [5, 5.41) is 37.6. The molecule has 0 saturated carbocycles. The van der Waals surface area contributed by atoms with Gasteiger partial charge in [-0.3, -0.25) is 0 Å².